The van der Waals surface area contributed by atoms with Gasteiger partial charge in [-0.3, -0.25) is 0 Å². The lowest BCUT2D eigenvalue weighted by molar-refractivity contribution is 0.136. The van der Waals surface area contributed by atoms with E-state index in [1.54, 1.807) is 11.8 Å². The zero-order chi connectivity index (χ0) is 9.90. The van der Waals surface area contributed by atoms with Crippen molar-refractivity contribution in [3.63, 3.8) is 0 Å². The average Bonchev–Trinajstić information content (AvgIpc) is 2.09. The van der Waals surface area contributed by atoms with Crippen molar-refractivity contribution in [2.75, 3.05) is 6.61 Å². The first-order chi connectivity index (χ1) is 6.05. The molecule has 2 atom stereocenters. The molecule has 13 heavy (non-hydrogen) atoms. The summed E-state index contributed by atoms with van der Waals surface area (Å²) in [5.41, 5.74) is 0. The van der Waals surface area contributed by atoms with E-state index in [4.69, 9.17) is 5.11 Å². The minimum Gasteiger partial charge on any atom is -0.395 e. The highest BCUT2D eigenvalue weighted by Gasteiger charge is 2.29. The van der Waals surface area contributed by atoms with E-state index in [1.807, 2.05) is 13.8 Å². The summed E-state index contributed by atoms with van der Waals surface area (Å²) in [6, 6.07) is 0. The number of hydrogen-bond donors (Lipinski definition) is 2. The van der Waals surface area contributed by atoms with Gasteiger partial charge in [0.05, 0.1) is 12.7 Å². The van der Waals surface area contributed by atoms with Crippen LogP contribution in [0.4, 0.5) is 0 Å². The van der Waals surface area contributed by atoms with E-state index in [0.717, 1.165) is 19.3 Å². The van der Waals surface area contributed by atoms with Gasteiger partial charge in [0.2, 0.25) is 0 Å². The second kappa shape index (κ2) is 4.67. The average molecular weight is 204 g/mol. The summed E-state index contributed by atoms with van der Waals surface area (Å²) in [7, 11) is 0. The molecule has 0 radical (unpaired) electrons. The van der Waals surface area contributed by atoms with Crippen LogP contribution in [0.2, 0.25) is 0 Å². The van der Waals surface area contributed by atoms with E-state index in [0.29, 0.717) is 5.25 Å². The molecule has 1 rings (SSSR count). The third kappa shape index (κ3) is 3.49. The van der Waals surface area contributed by atoms with Crippen molar-refractivity contribution >= 4 is 11.8 Å². The molecule has 1 aliphatic carbocycles. The molecule has 2 nitrogen and oxygen atoms in total. The van der Waals surface area contributed by atoms with Crippen LogP contribution >= 0.6 is 11.8 Å². The van der Waals surface area contributed by atoms with Gasteiger partial charge in [0.25, 0.3) is 0 Å². The largest absolute Gasteiger partial charge is 0.395 e. The zero-order valence-corrected chi connectivity index (χ0v) is 9.31. The van der Waals surface area contributed by atoms with E-state index < -0.39 is 0 Å². The molecule has 0 heterocycles. The third-order valence-electron chi connectivity index (χ3n) is 2.52. The number of rotatable bonds is 3. The fourth-order valence-electron chi connectivity index (χ4n) is 1.66. The van der Waals surface area contributed by atoms with Crippen LogP contribution in [0.15, 0.2) is 0 Å². The predicted molar refractivity (Wildman–Crippen MR) is 57.0 cm³/mol. The van der Waals surface area contributed by atoms with Crippen molar-refractivity contribution < 1.29 is 10.2 Å². The van der Waals surface area contributed by atoms with Crippen molar-refractivity contribution in [2.45, 2.75) is 55.6 Å². The Morgan fingerprint density at radius 1 is 1.31 bits per heavy atom. The lowest BCUT2D eigenvalue weighted by atomic mass is 9.97. The van der Waals surface area contributed by atoms with Gasteiger partial charge >= 0.3 is 0 Å². The first kappa shape index (κ1) is 11.3. The van der Waals surface area contributed by atoms with E-state index >= 15 is 0 Å². The number of aliphatic hydroxyl groups is 2. The number of aliphatic hydroxyl groups excluding tert-OH is 2. The van der Waals surface area contributed by atoms with Gasteiger partial charge in [-0.05, 0) is 26.7 Å². The smallest absolute Gasteiger partial charge is 0.0659 e. The van der Waals surface area contributed by atoms with Crippen molar-refractivity contribution in [3.8, 4) is 0 Å². The van der Waals surface area contributed by atoms with Crippen LogP contribution in [0.25, 0.3) is 0 Å². The van der Waals surface area contributed by atoms with Gasteiger partial charge in [-0.25, -0.2) is 0 Å². The lowest BCUT2D eigenvalue weighted by Gasteiger charge is -2.33. The maximum absolute atomic E-state index is 9.73. The van der Waals surface area contributed by atoms with Gasteiger partial charge in [0, 0.05) is 10.00 Å². The quantitative estimate of drug-likeness (QED) is 0.736. The van der Waals surface area contributed by atoms with Crippen molar-refractivity contribution in [1.29, 1.82) is 0 Å². The minimum absolute atomic E-state index is 0.108. The summed E-state index contributed by atoms with van der Waals surface area (Å²) in [5.74, 6) is 0. The van der Waals surface area contributed by atoms with Gasteiger partial charge < -0.3 is 10.2 Å². The van der Waals surface area contributed by atoms with Crippen LogP contribution in [0, 0.1) is 0 Å². The van der Waals surface area contributed by atoms with E-state index in [2.05, 4.69) is 0 Å². The monoisotopic (exact) mass is 204 g/mol. The Labute approximate surface area is 84.7 Å². The Balaban J connectivity index is 2.42. The fourth-order valence-corrected chi connectivity index (χ4v) is 3.13. The Hall–Kier alpha value is 0.270. The first-order valence-electron chi connectivity index (χ1n) is 5.02. The molecule has 1 aliphatic rings. The maximum Gasteiger partial charge on any atom is 0.0659 e. The van der Waals surface area contributed by atoms with Gasteiger partial charge in [0.15, 0.2) is 0 Å². The highest BCUT2D eigenvalue weighted by atomic mass is 32.2. The molecular formula is C10H20O2S. The van der Waals surface area contributed by atoms with Crippen LogP contribution < -0.4 is 0 Å². The predicted octanol–water partition coefficient (Wildman–Crippen LogP) is 1.79. The second-order valence-electron chi connectivity index (χ2n) is 4.43. The maximum atomic E-state index is 9.73. The van der Waals surface area contributed by atoms with Gasteiger partial charge in [-0.15, -0.1) is 11.8 Å². The third-order valence-corrected chi connectivity index (χ3v) is 4.14. The van der Waals surface area contributed by atoms with Crippen LogP contribution in [0.5, 0.6) is 0 Å². The van der Waals surface area contributed by atoms with Gasteiger partial charge in [-0.1, -0.05) is 12.8 Å². The fraction of sp³-hybridized carbons (Fsp3) is 1.00. The Morgan fingerprint density at radius 3 is 2.46 bits per heavy atom. The Kier molecular flexibility index (Phi) is 4.07. The summed E-state index contributed by atoms with van der Waals surface area (Å²) in [6.45, 7) is 4.23. The molecule has 0 amide bonds. The highest BCUT2D eigenvalue weighted by Crippen LogP contribution is 2.36. The van der Waals surface area contributed by atoms with Crippen molar-refractivity contribution in [3.05, 3.63) is 0 Å². The molecule has 1 fully saturated rings. The topological polar surface area (TPSA) is 40.5 Å². The van der Waals surface area contributed by atoms with Crippen molar-refractivity contribution in [2.24, 2.45) is 0 Å². The summed E-state index contributed by atoms with van der Waals surface area (Å²) in [4.78, 5) is 0. The van der Waals surface area contributed by atoms with Crippen LogP contribution in [0.1, 0.15) is 39.5 Å². The zero-order valence-electron chi connectivity index (χ0n) is 8.49. The molecule has 0 saturated heterocycles. The molecule has 78 valence electrons. The van der Waals surface area contributed by atoms with Gasteiger partial charge in [0.1, 0.15) is 0 Å². The van der Waals surface area contributed by atoms with E-state index in [9.17, 15) is 5.11 Å². The first-order valence-corrected chi connectivity index (χ1v) is 5.90. The van der Waals surface area contributed by atoms with Crippen LogP contribution in [-0.2, 0) is 0 Å². The Bertz CT molecular complexity index is 159. The minimum atomic E-state index is -0.162. The molecular weight excluding hydrogens is 184 g/mol. The number of thioether (sulfide) groups is 1. The molecule has 0 aromatic rings. The van der Waals surface area contributed by atoms with Crippen LogP contribution in [-0.4, -0.2) is 32.9 Å². The summed E-state index contributed by atoms with van der Waals surface area (Å²) >= 11 is 1.73. The molecule has 0 aliphatic heterocycles. The molecule has 1 saturated carbocycles. The summed E-state index contributed by atoms with van der Waals surface area (Å²) < 4.78 is -0.108. The molecule has 3 heteroatoms. The van der Waals surface area contributed by atoms with Crippen LogP contribution in [0.3, 0.4) is 0 Å². The number of hydrogen-bond acceptors (Lipinski definition) is 3. The van der Waals surface area contributed by atoms with E-state index in [-0.39, 0.29) is 17.5 Å². The normalized spacial score (nSPS) is 30.5. The SMILES string of the molecule is CC(C)(CO)S[C@@H]1CCCC[C@H]1O. The summed E-state index contributed by atoms with van der Waals surface area (Å²) in [5, 5.41) is 19.2. The molecule has 0 aromatic heterocycles. The highest BCUT2D eigenvalue weighted by molar-refractivity contribution is 8.01. The molecule has 0 bridgehead atoms. The standard InChI is InChI=1S/C10H20O2S/c1-10(2,7-11)13-9-6-4-3-5-8(9)12/h8-9,11-12H,3-7H2,1-2H3/t8-,9-/m1/s1. The molecule has 0 unspecified atom stereocenters. The second-order valence-corrected chi connectivity index (χ2v) is 6.37. The summed E-state index contributed by atoms with van der Waals surface area (Å²) in [6.07, 6.45) is 4.23. The van der Waals surface area contributed by atoms with E-state index in [1.165, 1.54) is 6.42 Å². The Morgan fingerprint density at radius 2 is 1.92 bits per heavy atom. The molecule has 0 spiro atoms. The lowest BCUT2D eigenvalue weighted by Crippen LogP contribution is -2.33. The van der Waals surface area contributed by atoms with Crippen molar-refractivity contribution in [1.82, 2.24) is 0 Å². The molecule has 2 N–H and O–H groups in total. The van der Waals surface area contributed by atoms with Gasteiger partial charge in [-0.2, -0.15) is 0 Å². The molecule has 0 aromatic carbocycles.